The summed E-state index contributed by atoms with van der Waals surface area (Å²) in [5.74, 6) is 0.211. The monoisotopic (exact) mass is 256 g/mol. The summed E-state index contributed by atoms with van der Waals surface area (Å²) in [6, 6.07) is 8.92. The number of rotatable bonds is 5. The molecule has 1 aromatic heterocycles. The molecular weight excluding hydrogens is 236 g/mol. The van der Waals surface area contributed by atoms with Gasteiger partial charge in [0.1, 0.15) is 0 Å². The Hall–Kier alpha value is -1.77. The van der Waals surface area contributed by atoms with Crippen LogP contribution in [0.4, 0.5) is 0 Å². The van der Waals surface area contributed by atoms with E-state index in [4.69, 9.17) is 0 Å². The van der Waals surface area contributed by atoms with Crippen molar-refractivity contribution in [3.63, 3.8) is 0 Å². The lowest BCUT2D eigenvalue weighted by Crippen LogP contribution is -2.24. The number of hydrogen-bond donors (Lipinski definition) is 1. The third-order valence-electron chi connectivity index (χ3n) is 3.77. The second kappa shape index (κ2) is 5.08. The second-order valence-electron chi connectivity index (χ2n) is 5.48. The molecule has 0 unspecified atom stereocenters. The molecule has 100 valence electrons. The van der Waals surface area contributed by atoms with E-state index in [2.05, 4.69) is 47.4 Å². The third kappa shape index (κ3) is 2.80. The first kappa shape index (κ1) is 12.3. The highest BCUT2D eigenvalue weighted by Gasteiger charge is 2.22. The zero-order valence-electron chi connectivity index (χ0n) is 11.4. The number of nitrogens with zero attached hydrogens (tertiary/aromatic N) is 1. The van der Waals surface area contributed by atoms with E-state index in [-0.39, 0.29) is 5.91 Å². The van der Waals surface area contributed by atoms with E-state index >= 15 is 0 Å². The molecule has 2 aromatic rings. The summed E-state index contributed by atoms with van der Waals surface area (Å²) in [7, 11) is 2.08. The summed E-state index contributed by atoms with van der Waals surface area (Å²) >= 11 is 0. The highest BCUT2D eigenvalue weighted by Crippen LogP contribution is 2.22. The first-order chi connectivity index (χ1) is 9.24. The van der Waals surface area contributed by atoms with E-state index in [9.17, 15) is 4.79 Å². The smallest absolute Gasteiger partial charge is 0.220 e. The Balaban J connectivity index is 1.60. The van der Waals surface area contributed by atoms with Crippen molar-refractivity contribution in [1.82, 2.24) is 9.88 Å². The van der Waals surface area contributed by atoms with Crippen molar-refractivity contribution in [2.45, 2.75) is 38.1 Å². The maximum Gasteiger partial charge on any atom is 0.220 e. The van der Waals surface area contributed by atoms with E-state index in [1.165, 1.54) is 16.5 Å². The van der Waals surface area contributed by atoms with Crippen LogP contribution in [0.25, 0.3) is 10.9 Å². The Morgan fingerprint density at radius 3 is 2.95 bits per heavy atom. The standard InChI is InChI=1S/C16H20N2O/c1-18-11-12(14-6-2-3-7-15(14)18)5-4-8-16(19)17-13-9-10-13/h2-3,6-7,11,13H,4-5,8-10H2,1H3,(H,17,19). The number of carbonyl (C=O) groups is 1. The van der Waals surface area contributed by atoms with Crippen LogP contribution in [0.5, 0.6) is 0 Å². The number of amides is 1. The van der Waals surface area contributed by atoms with E-state index in [0.717, 1.165) is 25.7 Å². The molecule has 1 aliphatic rings. The van der Waals surface area contributed by atoms with Gasteiger partial charge in [0.05, 0.1) is 0 Å². The van der Waals surface area contributed by atoms with E-state index < -0.39 is 0 Å². The Labute approximate surface area is 113 Å². The van der Waals surface area contributed by atoms with Crippen molar-refractivity contribution in [3.05, 3.63) is 36.0 Å². The maximum atomic E-state index is 11.6. The first-order valence-electron chi connectivity index (χ1n) is 7.06. The molecule has 0 saturated heterocycles. The highest BCUT2D eigenvalue weighted by molar-refractivity contribution is 5.84. The van der Waals surface area contributed by atoms with Crippen LogP contribution in [0.2, 0.25) is 0 Å². The van der Waals surface area contributed by atoms with Gasteiger partial charge in [-0.1, -0.05) is 18.2 Å². The fraction of sp³-hybridized carbons (Fsp3) is 0.438. The van der Waals surface area contributed by atoms with Gasteiger partial charge in [0.2, 0.25) is 5.91 Å². The fourth-order valence-corrected chi connectivity index (χ4v) is 2.59. The summed E-state index contributed by atoms with van der Waals surface area (Å²) < 4.78 is 2.16. The topological polar surface area (TPSA) is 34.0 Å². The molecule has 1 aliphatic carbocycles. The molecule has 1 N–H and O–H groups in total. The van der Waals surface area contributed by atoms with Crippen LogP contribution in [0.15, 0.2) is 30.5 Å². The highest BCUT2D eigenvalue weighted by atomic mass is 16.1. The minimum Gasteiger partial charge on any atom is -0.353 e. The van der Waals surface area contributed by atoms with Crippen LogP contribution in [-0.2, 0) is 18.3 Å². The van der Waals surface area contributed by atoms with Crippen LogP contribution < -0.4 is 5.32 Å². The molecule has 1 heterocycles. The number of para-hydroxylation sites is 1. The van der Waals surface area contributed by atoms with Crippen molar-refractivity contribution in [2.75, 3.05) is 0 Å². The maximum absolute atomic E-state index is 11.6. The third-order valence-corrected chi connectivity index (χ3v) is 3.77. The lowest BCUT2D eigenvalue weighted by Gasteiger charge is -2.02. The minimum absolute atomic E-state index is 0.211. The SMILES string of the molecule is Cn1cc(CCCC(=O)NC2CC2)c2ccccc21. The average molecular weight is 256 g/mol. The quantitative estimate of drug-likeness (QED) is 0.877. The average Bonchev–Trinajstić information content (AvgIpc) is 3.15. The molecule has 19 heavy (non-hydrogen) atoms. The van der Waals surface area contributed by atoms with Gasteiger partial charge in [-0.25, -0.2) is 0 Å². The number of hydrogen-bond acceptors (Lipinski definition) is 1. The second-order valence-corrected chi connectivity index (χ2v) is 5.48. The number of nitrogens with one attached hydrogen (secondary N) is 1. The molecular formula is C16H20N2O. The number of fused-ring (bicyclic) bond motifs is 1. The van der Waals surface area contributed by atoms with E-state index in [0.29, 0.717) is 12.5 Å². The normalized spacial score (nSPS) is 14.8. The zero-order chi connectivity index (χ0) is 13.2. The molecule has 3 heteroatoms. The van der Waals surface area contributed by atoms with Crippen molar-refractivity contribution >= 4 is 16.8 Å². The number of aryl methyl sites for hydroxylation is 2. The van der Waals surface area contributed by atoms with E-state index in [1.807, 2.05) is 0 Å². The number of benzene rings is 1. The van der Waals surface area contributed by atoms with Crippen molar-refractivity contribution < 1.29 is 4.79 Å². The number of carbonyl (C=O) groups excluding carboxylic acids is 1. The van der Waals surface area contributed by atoms with Gasteiger partial charge in [-0.15, -0.1) is 0 Å². The lowest BCUT2D eigenvalue weighted by atomic mass is 10.1. The largest absolute Gasteiger partial charge is 0.353 e. The first-order valence-corrected chi connectivity index (χ1v) is 7.06. The molecule has 0 aliphatic heterocycles. The molecule has 1 saturated carbocycles. The zero-order valence-corrected chi connectivity index (χ0v) is 11.4. The lowest BCUT2D eigenvalue weighted by molar-refractivity contribution is -0.121. The summed E-state index contributed by atoms with van der Waals surface area (Å²) in [6.45, 7) is 0. The van der Waals surface area contributed by atoms with Gasteiger partial charge in [0.15, 0.2) is 0 Å². The van der Waals surface area contributed by atoms with Gasteiger partial charge in [-0.3, -0.25) is 4.79 Å². The molecule has 3 nitrogen and oxygen atoms in total. The van der Waals surface area contributed by atoms with Crippen LogP contribution in [0.1, 0.15) is 31.2 Å². The molecule has 0 atom stereocenters. The molecule has 0 spiro atoms. The molecule has 0 bridgehead atoms. The van der Waals surface area contributed by atoms with Gasteiger partial charge in [0.25, 0.3) is 0 Å². The van der Waals surface area contributed by atoms with Crippen LogP contribution in [0.3, 0.4) is 0 Å². The van der Waals surface area contributed by atoms with Gasteiger partial charge in [0, 0.05) is 36.6 Å². The van der Waals surface area contributed by atoms with Crippen molar-refractivity contribution in [3.8, 4) is 0 Å². The van der Waals surface area contributed by atoms with Gasteiger partial charge in [-0.2, -0.15) is 0 Å². The Morgan fingerprint density at radius 1 is 1.37 bits per heavy atom. The molecule has 0 radical (unpaired) electrons. The predicted molar refractivity (Wildman–Crippen MR) is 77.0 cm³/mol. The molecule has 1 amide bonds. The Morgan fingerprint density at radius 2 is 2.16 bits per heavy atom. The Bertz CT molecular complexity index is 596. The van der Waals surface area contributed by atoms with E-state index in [1.54, 1.807) is 0 Å². The number of aromatic nitrogens is 1. The van der Waals surface area contributed by atoms with Crippen LogP contribution in [-0.4, -0.2) is 16.5 Å². The van der Waals surface area contributed by atoms with Crippen LogP contribution >= 0.6 is 0 Å². The molecule has 1 aromatic carbocycles. The fourth-order valence-electron chi connectivity index (χ4n) is 2.59. The summed E-state index contributed by atoms with van der Waals surface area (Å²) in [6.07, 6.45) is 7.04. The molecule has 1 fully saturated rings. The summed E-state index contributed by atoms with van der Waals surface area (Å²) in [5, 5.41) is 4.35. The minimum atomic E-state index is 0.211. The predicted octanol–water partition coefficient (Wildman–Crippen LogP) is 2.78. The Kier molecular flexibility index (Phi) is 3.28. The van der Waals surface area contributed by atoms with Crippen LogP contribution in [0, 0.1) is 0 Å². The van der Waals surface area contributed by atoms with Crippen molar-refractivity contribution in [1.29, 1.82) is 0 Å². The van der Waals surface area contributed by atoms with Crippen molar-refractivity contribution in [2.24, 2.45) is 7.05 Å². The van der Waals surface area contributed by atoms with Gasteiger partial charge < -0.3 is 9.88 Å². The van der Waals surface area contributed by atoms with Gasteiger partial charge in [-0.05, 0) is 37.3 Å². The van der Waals surface area contributed by atoms with Gasteiger partial charge >= 0.3 is 0 Å². The molecule has 3 rings (SSSR count). The summed E-state index contributed by atoms with van der Waals surface area (Å²) in [5.41, 5.74) is 2.61. The summed E-state index contributed by atoms with van der Waals surface area (Å²) in [4.78, 5) is 11.6.